The number of sulfonamides is 2. The summed E-state index contributed by atoms with van der Waals surface area (Å²) in [4.78, 5) is 13.8. The fourth-order valence-corrected chi connectivity index (χ4v) is 5.64. The topological polar surface area (TPSA) is 118 Å². The Morgan fingerprint density at radius 3 is 2.11 bits per heavy atom. The largest absolute Gasteiger partial charge is 0.342 e. The van der Waals surface area contributed by atoms with E-state index < -0.39 is 29.8 Å². The zero-order valence-electron chi connectivity index (χ0n) is 15.7. The van der Waals surface area contributed by atoms with Crippen LogP contribution in [0, 0.1) is 0 Å². The molecule has 1 amide bonds. The second-order valence-electron chi connectivity index (χ2n) is 6.52. The second kappa shape index (κ2) is 7.32. The predicted octanol–water partition coefficient (Wildman–Crippen LogP) is 0.282. The van der Waals surface area contributed by atoms with E-state index in [0.29, 0.717) is 0 Å². The lowest BCUT2D eigenvalue weighted by Crippen LogP contribution is -2.37. The van der Waals surface area contributed by atoms with Crippen molar-refractivity contribution in [2.24, 2.45) is 0 Å². The summed E-state index contributed by atoms with van der Waals surface area (Å²) in [6.07, 6.45) is 3.04. The summed E-state index contributed by atoms with van der Waals surface area (Å²) in [5.41, 5.74) is 1.88. The molecule has 1 aliphatic rings. The molecule has 1 aliphatic heterocycles. The number of hydrogen-bond donors (Lipinski definition) is 2. The van der Waals surface area contributed by atoms with Crippen molar-refractivity contribution in [3.8, 4) is 0 Å². The van der Waals surface area contributed by atoms with Gasteiger partial charge in [-0.2, -0.15) is 0 Å². The number of carbonyl (C=O) groups excluding carboxylic acids is 1. The summed E-state index contributed by atoms with van der Waals surface area (Å²) < 4.78 is 54.5. The normalized spacial score (nSPS) is 17.0. The van der Waals surface area contributed by atoms with E-state index >= 15 is 0 Å². The molecule has 0 fully saturated rings. The molecule has 2 N–H and O–H groups in total. The lowest BCUT2D eigenvalue weighted by Gasteiger charge is -2.23. The van der Waals surface area contributed by atoms with Crippen molar-refractivity contribution in [1.82, 2.24) is 14.0 Å². The Bertz CT molecular complexity index is 1070. The summed E-state index contributed by atoms with van der Waals surface area (Å²) in [5, 5.41) is 0. The number of benzene rings is 1. The van der Waals surface area contributed by atoms with Crippen LogP contribution in [0.4, 0.5) is 5.69 Å². The van der Waals surface area contributed by atoms with Gasteiger partial charge in [0.1, 0.15) is 16.3 Å². The highest BCUT2D eigenvalue weighted by Crippen LogP contribution is 2.32. The molecule has 0 bridgehead atoms. The number of rotatable bonds is 6. The van der Waals surface area contributed by atoms with Crippen molar-refractivity contribution in [2.75, 3.05) is 19.0 Å². The second-order valence-corrected chi connectivity index (χ2v) is 10.2. The fraction of sp³-hybridized carbons (Fsp3) is 0.353. The van der Waals surface area contributed by atoms with Crippen molar-refractivity contribution < 1.29 is 21.6 Å². The predicted molar refractivity (Wildman–Crippen MR) is 104 cm³/mol. The lowest BCUT2D eigenvalue weighted by molar-refractivity contribution is -0.119. The first kappa shape index (κ1) is 20.5. The molecular weight excluding hydrogens is 404 g/mol. The number of nitrogens with zero attached hydrogens (tertiary/aromatic N) is 2. The van der Waals surface area contributed by atoms with Gasteiger partial charge in [-0.3, -0.25) is 4.79 Å². The first-order valence-electron chi connectivity index (χ1n) is 8.57. The molecule has 152 valence electrons. The maximum Gasteiger partial charge on any atom is 0.247 e. The number of carbonyl (C=O) groups is 1. The van der Waals surface area contributed by atoms with Gasteiger partial charge < -0.3 is 9.47 Å². The zero-order valence-corrected chi connectivity index (χ0v) is 17.3. The molecule has 11 heteroatoms. The van der Waals surface area contributed by atoms with Crippen LogP contribution in [-0.4, -0.2) is 47.4 Å². The number of aromatic nitrogens is 1. The molecule has 0 spiro atoms. The average Bonchev–Trinajstić information content (AvgIpc) is 3.22. The van der Waals surface area contributed by atoms with Gasteiger partial charge >= 0.3 is 0 Å². The van der Waals surface area contributed by atoms with Crippen LogP contribution in [0.3, 0.4) is 0 Å². The van der Waals surface area contributed by atoms with E-state index in [9.17, 15) is 21.6 Å². The molecule has 1 atom stereocenters. The molecule has 0 saturated carbocycles. The quantitative estimate of drug-likeness (QED) is 0.688. The van der Waals surface area contributed by atoms with Gasteiger partial charge in [0.25, 0.3) is 0 Å². The Hall–Kier alpha value is -2.21. The number of hydrogen-bond acceptors (Lipinski definition) is 5. The first-order chi connectivity index (χ1) is 13.1. The number of fused-ring (bicyclic) bond motifs is 1. The Balaban J connectivity index is 1.98. The molecule has 2 aromatic rings. The van der Waals surface area contributed by atoms with Crippen LogP contribution < -0.4 is 14.3 Å². The van der Waals surface area contributed by atoms with Crippen LogP contribution in [0.25, 0.3) is 0 Å². The first-order valence-corrected chi connectivity index (χ1v) is 11.5. The summed E-state index contributed by atoms with van der Waals surface area (Å²) in [6.45, 7) is 1.74. The van der Waals surface area contributed by atoms with Crippen molar-refractivity contribution in [3.05, 3.63) is 42.2 Å². The standard InChI is InChI=1S/C17H22N4O5S2/c1-12-8-13-6-4-5-7-14(13)21(12)17(22)11-20-9-15(27(23,24)18-2)16(10-20)28(25,26)19-3/h4-7,9-10,12,18-19H,8,11H2,1-3H3/t12-/m1/s1. The smallest absolute Gasteiger partial charge is 0.247 e. The van der Waals surface area contributed by atoms with Crippen molar-refractivity contribution in [2.45, 2.75) is 35.7 Å². The van der Waals surface area contributed by atoms with Crippen LogP contribution in [0.1, 0.15) is 12.5 Å². The van der Waals surface area contributed by atoms with Crippen molar-refractivity contribution in [1.29, 1.82) is 0 Å². The fourth-order valence-electron chi connectivity index (χ4n) is 3.36. The van der Waals surface area contributed by atoms with Gasteiger partial charge in [-0.05, 0) is 39.1 Å². The van der Waals surface area contributed by atoms with E-state index in [1.807, 2.05) is 31.2 Å². The highest BCUT2D eigenvalue weighted by atomic mass is 32.2. The molecule has 0 aliphatic carbocycles. The van der Waals surface area contributed by atoms with Gasteiger partial charge in [-0.25, -0.2) is 26.3 Å². The van der Waals surface area contributed by atoms with Crippen LogP contribution in [0.15, 0.2) is 46.5 Å². The molecule has 0 radical (unpaired) electrons. The van der Waals surface area contributed by atoms with Crippen molar-refractivity contribution in [3.63, 3.8) is 0 Å². The highest BCUT2D eigenvalue weighted by molar-refractivity contribution is 7.92. The number of anilines is 1. The van der Waals surface area contributed by atoms with Gasteiger partial charge in [-0.1, -0.05) is 18.2 Å². The van der Waals surface area contributed by atoms with E-state index in [4.69, 9.17) is 0 Å². The lowest BCUT2D eigenvalue weighted by atomic mass is 10.1. The SMILES string of the molecule is CNS(=O)(=O)c1cn(CC(=O)N2c3ccccc3C[C@H]2C)cc1S(=O)(=O)NC. The van der Waals surface area contributed by atoms with Gasteiger partial charge in [0.05, 0.1) is 0 Å². The van der Waals surface area contributed by atoms with E-state index in [0.717, 1.165) is 30.1 Å². The van der Waals surface area contributed by atoms with E-state index in [2.05, 4.69) is 9.44 Å². The van der Waals surface area contributed by atoms with E-state index in [1.54, 1.807) is 4.90 Å². The summed E-state index contributed by atoms with van der Waals surface area (Å²) >= 11 is 0. The van der Waals surface area contributed by atoms with Crippen LogP contribution >= 0.6 is 0 Å². The van der Waals surface area contributed by atoms with Gasteiger partial charge in [0, 0.05) is 24.1 Å². The van der Waals surface area contributed by atoms with Crippen molar-refractivity contribution >= 4 is 31.6 Å². The number of amides is 1. The number of nitrogens with one attached hydrogen (secondary N) is 2. The van der Waals surface area contributed by atoms with Gasteiger partial charge in [0.15, 0.2) is 0 Å². The Labute approximate surface area is 164 Å². The average molecular weight is 427 g/mol. The molecule has 28 heavy (non-hydrogen) atoms. The minimum atomic E-state index is -4.03. The third-order valence-electron chi connectivity index (χ3n) is 4.72. The molecular formula is C17H22N4O5S2. The Morgan fingerprint density at radius 1 is 1.04 bits per heavy atom. The van der Waals surface area contributed by atoms with E-state index in [-0.39, 0.29) is 18.5 Å². The minimum Gasteiger partial charge on any atom is -0.342 e. The minimum absolute atomic E-state index is 0.0403. The summed E-state index contributed by atoms with van der Waals surface area (Å²) in [7, 11) is -5.68. The van der Waals surface area contributed by atoms with Crippen LogP contribution in [-0.2, 0) is 37.8 Å². The maximum absolute atomic E-state index is 12.9. The third-order valence-corrected chi connectivity index (χ3v) is 7.73. The number of para-hydroxylation sites is 1. The van der Waals surface area contributed by atoms with Crippen LogP contribution in [0.2, 0.25) is 0 Å². The van der Waals surface area contributed by atoms with E-state index in [1.165, 1.54) is 18.7 Å². The zero-order chi connectivity index (χ0) is 20.7. The molecule has 1 aromatic heterocycles. The highest BCUT2D eigenvalue weighted by Gasteiger charge is 2.32. The van der Waals surface area contributed by atoms with Gasteiger partial charge in [-0.15, -0.1) is 0 Å². The maximum atomic E-state index is 12.9. The molecule has 2 heterocycles. The molecule has 3 rings (SSSR count). The Morgan fingerprint density at radius 2 is 1.57 bits per heavy atom. The van der Waals surface area contributed by atoms with Gasteiger partial charge in [0.2, 0.25) is 26.0 Å². The monoisotopic (exact) mass is 426 g/mol. The summed E-state index contributed by atoms with van der Waals surface area (Å²) in [5.74, 6) is -0.255. The summed E-state index contributed by atoms with van der Waals surface area (Å²) in [6, 6.07) is 7.54. The Kier molecular flexibility index (Phi) is 5.36. The molecule has 9 nitrogen and oxygen atoms in total. The molecule has 0 unspecified atom stereocenters. The van der Waals surface area contributed by atoms with Crippen LogP contribution in [0.5, 0.6) is 0 Å². The molecule has 1 aromatic carbocycles. The molecule has 0 saturated heterocycles. The third kappa shape index (κ3) is 3.58.